The standard InChI is InChI=1S/C23H19ClFNO4/c24-17-8-6-16(20(25)12-17)13-29-21-18-5-2-1-4-15(18)7-9-19(21)22(28)26-23(30-14-27)10-3-11-23/h1-2,4-9,12,14H,3,10-11,13H2,(H,26,28). The molecular formula is C23H19ClFNO4. The fraction of sp³-hybridized carbons (Fsp3) is 0.217. The number of carbonyl (C=O) groups is 2. The summed E-state index contributed by atoms with van der Waals surface area (Å²) < 4.78 is 25.3. The molecule has 0 radical (unpaired) electrons. The van der Waals surface area contributed by atoms with Crippen LogP contribution in [0, 0.1) is 5.82 Å². The Hall–Kier alpha value is -3.12. The van der Waals surface area contributed by atoms with E-state index in [2.05, 4.69) is 5.32 Å². The van der Waals surface area contributed by atoms with Crippen LogP contribution in [0.3, 0.4) is 0 Å². The number of halogens is 2. The zero-order valence-corrected chi connectivity index (χ0v) is 16.7. The van der Waals surface area contributed by atoms with Crippen LogP contribution < -0.4 is 10.1 Å². The zero-order valence-electron chi connectivity index (χ0n) is 16.0. The molecule has 30 heavy (non-hydrogen) atoms. The van der Waals surface area contributed by atoms with Gasteiger partial charge in [-0.25, -0.2) is 4.39 Å². The number of hydrogen-bond acceptors (Lipinski definition) is 4. The largest absolute Gasteiger partial charge is 0.487 e. The highest BCUT2D eigenvalue weighted by molar-refractivity contribution is 6.30. The third-order valence-corrected chi connectivity index (χ3v) is 5.52. The average molecular weight is 428 g/mol. The van der Waals surface area contributed by atoms with Gasteiger partial charge in [-0.05, 0) is 30.0 Å². The van der Waals surface area contributed by atoms with Crippen LogP contribution >= 0.6 is 11.6 Å². The lowest BCUT2D eigenvalue weighted by Crippen LogP contribution is -2.55. The number of fused-ring (bicyclic) bond motifs is 1. The van der Waals surface area contributed by atoms with Crippen LogP contribution in [0.1, 0.15) is 35.2 Å². The number of nitrogens with one attached hydrogen (secondary N) is 1. The van der Waals surface area contributed by atoms with Gasteiger partial charge in [0.1, 0.15) is 18.2 Å². The molecule has 0 bridgehead atoms. The molecule has 0 saturated heterocycles. The van der Waals surface area contributed by atoms with Gasteiger partial charge in [-0.3, -0.25) is 9.59 Å². The molecule has 0 aliphatic heterocycles. The number of rotatable bonds is 7. The van der Waals surface area contributed by atoms with E-state index in [-0.39, 0.29) is 12.2 Å². The summed E-state index contributed by atoms with van der Waals surface area (Å²) in [6.07, 6.45) is 1.96. The molecule has 1 saturated carbocycles. The van der Waals surface area contributed by atoms with Crippen LogP contribution in [0.5, 0.6) is 5.75 Å². The summed E-state index contributed by atoms with van der Waals surface area (Å²) in [5.74, 6) is -0.573. The van der Waals surface area contributed by atoms with Crippen molar-refractivity contribution in [2.45, 2.75) is 31.6 Å². The lowest BCUT2D eigenvalue weighted by Gasteiger charge is -2.40. The highest BCUT2D eigenvalue weighted by Gasteiger charge is 2.41. The summed E-state index contributed by atoms with van der Waals surface area (Å²) in [6.45, 7) is 0.272. The summed E-state index contributed by atoms with van der Waals surface area (Å²) in [5, 5.41) is 4.70. The lowest BCUT2D eigenvalue weighted by molar-refractivity contribution is -0.156. The van der Waals surface area contributed by atoms with E-state index in [1.807, 2.05) is 30.3 Å². The number of carbonyl (C=O) groups excluding carboxylic acids is 2. The van der Waals surface area contributed by atoms with Crippen LogP contribution in [0.15, 0.2) is 54.6 Å². The number of benzene rings is 3. The molecule has 1 fully saturated rings. The second-order valence-corrected chi connectivity index (χ2v) is 7.64. The summed E-state index contributed by atoms with van der Waals surface area (Å²) in [5.41, 5.74) is -0.383. The molecule has 7 heteroatoms. The van der Waals surface area contributed by atoms with E-state index in [0.29, 0.717) is 35.6 Å². The fourth-order valence-corrected chi connectivity index (χ4v) is 3.66. The van der Waals surface area contributed by atoms with Crippen LogP contribution in [-0.4, -0.2) is 18.1 Å². The van der Waals surface area contributed by atoms with Gasteiger partial charge in [0.2, 0.25) is 0 Å². The van der Waals surface area contributed by atoms with Crippen molar-refractivity contribution in [3.8, 4) is 5.75 Å². The quantitative estimate of drug-likeness (QED) is 0.426. The molecule has 3 aromatic carbocycles. The molecule has 1 amide bonds. The van der Waals surface area contributed by atoms with Gasteiger partial charge in [-0.1, -0.05) is 48.0 Å². The molecule has 0 unspecified atom stereocenters. The molecule has 0 heterocycles. The van der Waals surface area contributed by atoms with E-state index in [4.69, 9.17) is 21.1 Å². The number of amides is 1. The van der Waals surface area contributed by atoms with E-state index >= 15 is 0 Å². The van der Waals surface area contributed by atoms with Gasteiger partial charge in [0.15, 0.2) is 5.72 Å². The normalized spacial score (nSPS) is 14.6. The molecule has 0 atom stereocenters. The summed E-state index contributed by atoms with van der Waals surface area (Å²) in [4.78, 5) is 23.9. The van der Waals surface area contributed by atoms with Gasteiger partial charge < -0.3 is 14.8 Å². The van der Waals surface area contributed by atoms with Gasteiger partial charge in [-0.2, -0.15) is 0 Å². The van der Waals surface area contributed by atoms with E-state index in [1.165, 1.54) is 6.07 Å². The predicted octanol–water partition coefficient (Wildman–Crippen LogP) is 4.99. The maximum atomic E-state index is 14.2. The summed E-state index contributed by atoms with van der Waals surface area (Å²) in [6, 6.07) is 15.3. The van der Waals surface area contributed by atoms with E-state index < -0.39 is 17.4 Å². The summed E-state index contributed by atoms with van der Waals surface area (Å²) >= 11 is 5.82. The monoisotopic (exact) mass is 427 g/mol. The van der Waals surface area contributed by atoms with Crippen molar-refractivity contribution in [1.29, 1.82) is 0 Å². The van der Waals surface area contributed by atoms with Crippen molar-refractivity contribution < 1.29 is 23.5 Å². The Morgan fingerprint density at radius 1 is 1.17 bits per heavy atom. The molecule has 1 N–H and O–H groups in total. The fourth-order valence-electron chi connectivity index (χ4n) is 3.50. The van der Waals surface area contributed by atoms with Crippen molar-refractivity contribution in [3.05, 3.63) is 76.6 Å². The Balaban J connectivity index is 1.67. The minimum absolute atomic E-state index is 0.0761. The molecule has 0 spiro atoms. The van der Waals surface area contributed by atoms with Crippen LogP contribution in [0.25, 0.3) is 10.8 Å². The molecule has 1 aliphatic rings. The first-order chi connectivity index (χ1) is 14.5. The third-order valence-electron chi connectivity index (χ3n) is 5.29. The van der Waals surface area contributed by atoms with Gasteiger partial charge in [0.25, 0.3) is 12.4 Å². The van der Waals surface area contributed by atoms with Crippen LogP contribution in [-0.2, 0) is 16.1 Å². The highest BCUT2D eigenvalue weighted by Crippen LogP contribution is 2.35. The second-order valence-electron chi connectivity index (χ2n) is 7.20. The molecule has 5 nitrogen and oxygen atoms in total. The van der Waals surface area contributed by atoms with Gasteiger partial charge >= 0.3 is 0 Å². The first-order valence-electron chi connectivity index (χ1n) is 9.54. The molecule has 1 aliphatic carbocycles. The summed E-state index contributed by atoms with van der Waals surface area (Å²) in [7, 11) is 0. The maximum absolute atomic E-state index is 14.2. The van der Waals surface area contributed by atoms with Crippen LogP contribution in [0.4, 0.5) is 4.39 Å². The Morgan fingerprint density at radius 2 is 1.97 bits per heavy atom. The highest BCUT2D eigenvalue weighted by atomic mass is 35.5. The molecule has 4 rings (SSSR count). The van der Waals surface area contributed by atoms with Crippen molar-refractivity contribution >= 4 is 34.8 Å². The van der Waals surface area contributed by atoms with Crippen molar-refractivity contribution in [3.63, 3.8) is 0 Å². The second kappa shape index (κ2) is 8.32. The third kappa shape index (κ3) is 3.96. The first-order valence-corrected chi connectivity index (χ1v) is 9.92. The number of hydrogen-bond donors (Lipinski definition) is 1. The van der Waals surface area contributed by atoms with E-state index in [1.54, 1.807) is 18.2 Å². The van der Waals surface area contributed by atoms with Crippen LogP contribution in [0.2, 0.25) is 5.02 Å². The minimum Gasteiger partial charge on any atom is -0.487 e. The van der Waals surface area contributed by atoms with Gasteiger partial charge in [0, 0.05) is 28.8 Å². The molecular weight excluding hydrogens is 409 g/mol. The van der Waals surface area contributed by atoms with Gasteiger partial charge in [0.05, 0.1) is 5.56 Å². The minimum atomic E-state index is -0.982. The molecule has 0 aromatic heterocycles. The molecule has 3 aromatic rings. The Bertz CT molecular complexity index is 1110. The van der Waals surface area contributed by atoms with Crippen molar-refractivity contribution in [2.24, 2.45) is 0 Å². The zero-order chi connectivity index (χ0) is 21.1. The predicted molar refractivity (Wildman–Crippen MR) is 111 cm³/mol. The Labute approximate surface area is 177 Å². The topological polar surface area (TPSA) is 64.6 Å². The molecule has 154 valence electrons. The Kier molecular flexibility index (Phi) is 5.59. The smallest absolute Gasteiger partial charge is 0.295 e. The number of ether oxygens (including phenoxy) is 2. The maximum Gasteiger partial charge on any atom is 0.295 e. The first kappa shape index (κ1) is 20.2. The van der Waals surface area contributed by atoms with Crippen molar-refractivity contribution in [1.82, 2.24) is 5.32 Å². The van der Waals surface area contributed by atoms with Crippen molar-refractivity contribution in [2.75, 3.05) is 0 Å². The SMILES string of the molecule is O=COC1(NC(=O)c2ccc3ccccc3c2OCc2ccc(Cl)cc2F)CCC1. The average Bonchev–Trinajstić information content (AvgIpc) is 2.71. The van der Waals surface area contributed by atoms with E-state index in [9.17, 15) is 14.0 Å². The van der Waals surface area contributed by atoms with Gasteiger partial charge in [-0.15, -0.1) is 0 Å². The lowest BCUT2D eigenvalue weighted by atomic mass is 9.87. The van der Waals surface area contributed by atoms with E-state index in [0.717, 1.165) is 17.2 Å². The Morgan fingerprint density at radius 3 is 2.67 bits per heavy atom.